The lowest BCUT2D eigenvalue weighted by atomic mass is 10.1. The summed E-state index contributed by atoms with van der Waals surface area (Å²) in [5.74, 6) is -0.289. The Balaban J connectivity index is 1.61. The Morgan fingerprint density at radius 1 is 1.22 bits per heavy atom. The van der Waals surface area contributed by atoms with Gasteiger partial charge in [0.05, 0.1) is 18.2 Å². The van der Waals surface area contributed by atoms with Gasteiger partial charge < -0.3 is 9.80 Å². The Kier molecular flexibility index (Phi) is 6.22. The fourth-order valence-corrected chi connectivity index (χ4v) is 3.47. The maximum absolute atomic E-state index is 12.8. The van der Waals surface area contributed by atoms with Crippen molar-refractivity contribution in [2.75, 3.05) is 18.5 Å². The summed E-state index contributed by atoms with van der Waals surface area (Å²) < 4.78 is 0. The van der Waals surface area contributed by atoms with Crippen LogP contribution in [0.15, 0.2) is 48.7 Å². The van der Waals surface area contributed by atoms with Gasteiger partial charge in [-0.3, -0.25) is 14.6 Å². The van der Waals surface area contributed by atoms with Gasteiger partial charge in [-0.25, -0.2) is 0 Å². The number of aryl methyl sites for hydroxylation is 1. The SMILES string of the molecule is CCCCc1ccc(N2CC(C(=O)N(C)Cc3ccccn3)CC2=O)cc1. The van der Waals surface area contributed by atoms with Gasteiger partial charge in [-0.15, -0.1) is 0 Å². The topological polar surface area (TPSA) is 53.5 Å². The molecule has 2 heterocycles. The number of nitrogens with zero attached hydrogens (tertiary/aromatic N) is 3. The summed E-state index contributed by atoms with van der Waals surface area (Å²) in [6, 6.07) is 13.8. The molecule has 0 aliphatic carbocycles. The number of carbonyl (C=O) groups excluding carboxylic acids is 2. The largest absolute Gasteiger partial charge is 0.340 e. The van der Waals surface area contributed by atoms with Crippen LogP contribution < -0.4 is 4.90 Å². The van der Waals surface area contributed by atoms with E-state index in [0.29, 0.717) is 13.1 Å². The van der Waals surface area contributed by atoms with E-state index in [1.807, 2.05) is 30.3 Å². The molecule has 142 valence electrons. The van der Waals surface area contributed by atoms with Crippen molar-refractivity contribution in [1.82, 2.24) is 9.88 Å². The number of aromatic nitrogens is 1. The van der Waals surface area contributed by atoms with Gasteiger partial charge in [-0.05, 0) is 42.7 Å². The second-order valence-electron chi connectivity index (χ2n) is 7.19. The first-order chi connectivity index (χ1) is 13.1. The summed E-state index contributed by atoms with van der Waals surface area (Å²) in [5, 5.41) is 0. The molecule has 0 spiro atoms. The highest BCUT2D eigenvalue weighted by atomic mass is 16.2. The van der Waals surface area contributed by atoms with Gasteiger partial charge in [0, 0.05) is 31.9 Å². The molecule has 3 rings (SSSR count). The lowest BCUT2D eigenvalue weighted by Crippen LogP contribution is -2.34. The first-order valence-corrected chi connectivity index (χ1v) is 9.62. The normalized spacial score (nSPS) is 16.6. The highest BCUT2D eigenvalue weighted by Crippen LogP contribution is 2.27. The Morgan fingerprint density at radius 2 is 2.00 bits per heavy atom. The van der Waals surface area contributed by atoms with Crippen LogP contribution in [0.5, 0.6) is 0 Å². The maximum Gasteiger partial charge on any atom is 0.228 e. The van der Waals surface area contributed by atoms with Crippen LogP contribution in [0, 0.1) is 5.92 Å². The molecule has 1 saturated heterocycles. The van der Waals surface area contributed by atoms with Crippen molar-refractivity contribution < 1.29 is 9.59 Å². The molecule has 1 aromatic carbocycles. The second-order valence-corrected chi connectivity index (χ2v) is 7.19. The molecule has 0 saturated carbocycles. The van der Waals surface area contributed by atoms with Crippen molar-refractivity contribution in [3.8, 4) is 0 Å². The lowest BCUT2D eigenvalue weighted by molar-refractivity contribution is -0.135. The van der Waals surface area contributed by atoms with E-state index in [2.05, 4.69) is 24.0 Å². The van der Waals surface area contributed by atoms with Crippen molar-refractivity contribution in [2.24, 2.45) is 5.92 Å². The number of carbonyl (C=O) groups is 2. The lowest BCUT2D eigenvalue weighted by Gasteiger charge is -2.21. The molecule has 0 bridgehead atoms. The minimum absolute atomic E-state index is 0.00364. The molecule has 0 N–H and O–H groups in total. The molecule has 1 aromatic heterocycles. The van der Waals surface area contributed by atoms with Crippen LogP contribution in [-0.2, 0) is 22.6 Å². The number of benzene rings is 1. The van der Waals surface area contributed by atoms with Gasteiger partial charge in [0.2, 0.25) is 11.8 Å². The summed E-state index contributed by atoms with van der Waals surface area (Å²) in [7, 11) is 1.77. The number of hydrogen-bond donors (Lipinski definition) is 0. The van der Waals surface area contributed by atoms with Crippen LogP contribution in [0.3, 0.4) is 0 Å². The molecule has 2 aromatic rings. The van der Waals surface area contributed by atoms with E-state index >= 15 is 0 Å². The van der Waals surface area contributed by atoms with Crippen LogP contribution >= 0.6 is 0 Å². The van der Waals surface area contributed by atoms with Gasteiger partial charge >= 0.3 is 0 Å². The molecule has 1 aliphatic heterocycles. The molecule has 1 aliphatic rings. The molecule has 1 unspecified atom stereocenters. The predicted molar refractivity (Wildman–Crippen MR) is 106 cm³/mol. The molecule has 0 radical (unpaired) electrons. The Hall–Kier alpha value is -2.69. The zero-order chi connectivity index (χ0) is 19.2. The van der Waals surface area contributed by atoms with Gasteiger partial charge in [0.25, 0.3) is 0 Å². The Bertz CT molecular complexity index is 774. The summed E-state index contributed by atoms with van der Waals surface area (Å²) in [6.07, 6.45) is 5.38. The van der Waals surface area contributed by atoms with Crippen molar-refractivity contribution in [1.29, 1.82) is 0 Å². The maximum atomic E-state index is 12.8. The minimum Gasteiger partial charge on any atom is -0.340 e. The zero-order valence-corrected chi connectivity index (χ0v) is 16.1. The molecule has 27 heavy (non-hydrogen) atoms. The summed E-state index contributed by atoms with van der Waals surface area (Å²) in [4.78, 5) is 32.9. The quantitative estimate of drug-likeness (QED) is 0.755. The molecular weight excluding hydrogens is 338 g/mol. The summed E-state index contributed by atoms with van der Waals surface area (Å²) in [6.45, 7) is 3.08. The highest BCUT2D eigenvalue weighted by Gasteiger charge is 2.36. The number of unbranched alkanes of at least 4 members (excludes halogenated alkanes) is 1. The summed E-state index contributed by atoms with van der Waals surface area (Å²) >= 11 is 0. The zero-order valence-electron chi connectivity index (χ0n) is 16.1. The van der Waals surface area contributed by atoms with Crippen LogP contribution in [0.1, 0.15) is 37.4 Å². The van der Waals surface area contributed by atoms with Crippen LogP contribution in [-0.4, -0.2) is 35.3 Å². The fraction of sp³-hybridized carbons (Fsp3) is 0.409. The first-order valence-electron chi connectivity index (χ1n) is 9.62. The van der Waals surface area contributed by atoms with Gasteiger partial charge in [-0.1, -0.05) is 31.5 Å². The highest BCUT2D eigenvalue weighted by molar-refractivity contribution is 6.00. The van der Waals surface area contributed by atoms with E-state index in [1.165, 1.54) is 18.4 Å². The number of hydrogen-bond acceptors (Lipinski definition) is 3. The molecule has 5 heteroatoms. The molecular formula is C22H27N3O2. The number of amides is 2. The Morgan fingerprint density at radius 3 is 2.67 bits per heavy atom. The van der Waals surface area contributed by atoms with Crippen LogP contribution in [0.2, 0.25) is 0 Å². The third-order valence-electron chi connectivity index (χ3n) is 5.04. The van der Waals surface area contributed by atoms with E-state index in [1.54, 1.807) is 23.0 Å². The molecule has 5 nitrogen and oxygen atoms in total. The van der Waals surface area contributed by atoms with Crippen molar-refractivity contribution in [3.63, 3.8) is 0 Å². The molecule has 2 amide bonds. The Labute approximate surface area is 161 Å². The number of rotatable bonds is 7. The van der Waals surface area contributed by atoms with Crippen molar-refractivity contribution in [3.05, 3.63) is 59.9 Å². The van der Waals surface area contributed by atoms with E-state index in [9.17, 15) is 9.59 Å². The monoisotopic (exact) mass is 365 g/mol. The van der Waals surface area contributed by atoms with E-state index < -0.39 is 0 Å². The van der Waals surface area contributed by atoms with E-state index in [4.69, 9.17) is 0 Å². The standard InChI is InChI=1S/C22H27N3O2/c1-3-4-7-17-9-11-20(12-10-17)25-15-18(14-21(25)26)22(27)24(2)16-19-8-5-6-13-23-19/h5-6,8-13,18H,3-4,7,14-16H2,1-2H3. The second kappa shape index (κ2) is 8.80. The van der Waals surface area contributed by atoms with Crippen molar-refractivity contribution in [2.45, 2.75) is 39.2 Å². The third kappa shape index (κ3) is 4.73. The molecule has 1 fully saturated rings. The molecule has 1 atom stereocenters. The van der Waals surface area contributed by atoms with Crippen LogP contribution in [0.4, 0.5) is 5.69 Å². The number of anilines is 1. The van der Waals surface area contributed by atoms with Gasteiger partial charge in [0.15, 0.2) is 0 Å². The third-order valence-corrected chi connectivity index (χ3v) is 5.04. The fourth-order valence-electron chi connectivity index (χ4n) is 3.47. The smallest absolute Gasteiger partial charge is 0.228 e. The van der Waals surface area contributed by atoms with E-state index in [0.717, 1.165) is 17.8 Å². The average Bonchev–Trinajstić information content (AvgIpc) is 3.08. The minimum atomic E-state index is -0.300. The van der Waals surface area contributed by atoms with Gasteiger partial charge in [0.1, 0.15) is 0 Å². The van der Waals surface area contributed by atoms with Gasteiger partial charge in [-0.2, -0.15) is 0 Å². The first kappa shape index (κ1) is 19.1. The average molecular weight is 365 g/mol. The predicted octanol–water partition coefficient (Wildman–Crippen LogP) is 3.44. The summed E-state index contributed by atoms with van der Waals surface area (Å²) in [5.41, 5.74) is 3.01. The van der Waals surface area contributed by atoms with Crippen LogP contribution in [0.25, 0.3) is 0 Å². The van der Waals surface area contributed by atoms with Crippen molar-refractivity contribution >= 4 is 17.5 Å². The van der Waals surface area contributed by atoms with E-state index in [-0.39, 0.29) is 24.2 Å². The number of pyridine rings is 1.